The standard InChI is InChI=1S/C39H66O6Si2/c1-13-16-23-46(9,10)44-31-24-29-18-17-28(4)33(36(29)34(26-31)43-37(41)39(8,21-14-2)22-15-3)20-19-30-25-32(27-35(40)42-30)45-47(11,12)38(5,6)7/h14-15,17-18,24,28,30-34,36H,2-3,13,16,19-23,25-27H2,1,4-12H3/t28-,30+,31+,32+,33-,34-,36-/m0/s1. The molecule has 3 rings (SSSR count). The zero-order valence-corrected chi connectivity index (χ0v) is 33.4. The third kappa shape index (κ3) is 10.6. The van der Waals surface area contributed by atoms with Gasteiger partial charge in [0.2, 0.25) is 0 Å². The van der Waals surface area contributed by atoms with E-state index in [4.69, 9.17) is 18.3 Å². The molecule has 0 aromatic rings. The van der Waals surface area contributed by atoms with Gasteiger partial charge in [0.15, 0.2) is 16.6 Å². The maximum atomic E-state index is 13.9. The van der Waals surface area contributed by atoms with Crippen LogP contribution in [0.4, 0.5) is 0 Å². The summed E-state index contributed by atoms with van der Waals surface area (Å²) in [5.41, 5.74) is 0.494. The highest BCUT2D eigenvalue weighted by atomic mass is 28.4. The van der Waals surface area contributed by atoms with Crippen LogP contribution in [0.1, 0.15) is 99.3 Å². The molecule has 0 aromatic carbocycles. The normalized spacial score (nSPS) is 28.6. The summed E-state index contributed by atoms with van der Waals surface area (Å²) in [5, 5.41) is 0.0760. The molecular formula is C39H66O6Si2. The summed E-state index contributed by atoms with van der Waals surface area (Å²) >= 11 is 0. The molecule has 0 amide bonds. The molecule has 1 saturated heterocycles. The van der Waals surface area contributed by atoms with Crippen LogP contribution in [0, 0.1) is 23.2 Å². The molecule has 1 heterocycles. The highest BCUT2D eigenvalue weighted by Crippen LogP contribution is 2.46. The molecule has 2 aliphatic carbocycles. The first-order chi connectivity index (χ1) is 21.8. The summed E-state index contributed by atoms with van der Waals surface area (Å²) in [6.07, 6.45) is 16.5. The number of unbranched alkanes of at least 4 members (excludes halogenated alkanes) is 1. The fourth-order valence-corrected chi connectivity index (χ4v) is 11.0. The minimum absolute atomic E-state index is 0.0505. The van der Waals surface area contributed by atoms with Gasteiger partial charge in [0.25, 0.3) is 0 Å². The lowest BCUT2D eigenvalue weighted by molar-refractivity contribution is -0.167. The predicted octanol–water partition coefficient (Wildman–Crippen LogP) is 10.1. The van der Waals surface area contributed by atoms with Crippen LogP contribution in [0.3, 0.4) is 0 Å². The molecule has 7 atom stereocenters. The van der Waals surface area contributed by atoms with E-state index in [1.807, 2.05) is 6.92 Å². The topological polar surface area (TPSA) is 71.1 Å². The summed E-state index contributed by atoms with van der Waals surface area (Å²) in [5.74, 6) is 0.218. The fourth-order valence-electron chi connectivity index (χ4n) is 7.37. The van der Waals surface area contributed by atoms with Crippen LogP contribution >= 0.6 is 0 Å². The molecule has 8 heteroatoms. The third-order valence-corrected chi connectivity index (χ3v) is 18.2. The quantitative estimate of drug-likeness (QED) is 0.0914. The second-order valence-corrected chi connectivity index (χ2v) is 26.0. The first-order valence-corrected chi connectivity index (χ1v) is 24.2. The average Bonchev–Trinajstić information content (AvgIpc) is 2.94. The van der Waals surface area contributed by atoms with Crippen LogP contribution in [0.2, 0.25) is 37.3 Å². The summed E-state index contributed by atoms with van der Waals surface area (Å²) in [7, 11) is -3.92. The van der Waals surface area contributed by atoms with Gasteiger partial charge in [-0.1, -0.05) is 77.8 Å². The second kappa shape index (κ2) is 16.3. The minimum Gasteiger partial charge on any atom is -0.462 e. The molecule has 0 saturated carbocycles. The van der Waals surface area contributed by atoms with E-state index < -0.39 is 22.0 Å². The molecule has 3 aliphatic rings. The van der Waals surface area contributed by atoms with Gasteiger partial charge in [0.1, 0.15) is 12.2 Å². The molecular weight excluding hydrogens is 621 g/mol. The van der Waals surface area contributed by atoms with Crippen LogP contribution in [0.15, 0.2) is 49.1 Å². The van der Waals surface area contributed by atoms with Crippen molar-refractivity contribution in [2.24, 2.45) is 23.2 Å². The number of hydrogen-bond donors (Lipinski definition) is 0. The number of carbonyl (C=O) groups excluding carboxylic acids is 2. The summed E-state index contributed by atoms with van der Waals surface area (Å²) in [6.45, 7) is 30.1. The van der Waals surface area contributed by atoms with Crippen molar-refractivity contribution in [2.45, 2.75) is 161 Å². The zero-order valence-electron chi connectivity index (χ0n) is 31.4. The molecule has 1 aliphatic heterocycles. The SMILES string of the molecule is C=CCC(C)(CC=C)C(=O)O[C@H]1C[C@H](O[Si](C)(C)CCCC)C=C2C=C[C@H](C)[C@H](CC[C@@H]3C[C@@H](O[Si](C)(C)C(C)(C)C)CC(=O)O3)[C@H]21. The van der Waals surface area contributed by atoms with E-state index in [1.165, 1.54) is 5.57 Å². The smallest absolute Gasteiger partial charge is 0.312 e. The van der Waals surface area contributed by atoms with Gasteiger partial charge in [-0.2, -0.15) is 0 Å². The monoisotopic (exact) mass is 686 g/mol. The third-order valence-electron chi connectivity index (χ3n) is 11.2. The number of fused-ring (bicyclic) bond motifs is 1. The number of allylic oxidation sites excluding steroid dienone is 4. The number of esters is 2. The van der Waals surface area contributed by atoms with Gasteiger partial charge in [-0.3, -0.25) is 9.59 Å². The van der Waals surface area contributed by atoms with Crippen molar-refractivity contribution < 1.29 is 27.9 Å². The van der Waals surface area contributed by atoms with Gasteiger partial charge < -0.3 is 18.3 Å². The Labute approximate surface area is 289 Å². The van der Waals surface area contributed by atoms with Gasteiger partial charge in [-0.15, -0.1) is 13.2 Å². The Kier molecular flexibility index (Phi) is 13.8. The van der Waals surface area contributed by atoms with Crippen LogP contribution < -0.4 is 0 Å². The van der Waals surface area contributed by atoms with E-state index in [9.17, 15) is 9.59 Å². The molecule has 0 spiro atoms. The lowest BCUT2D eigenvalue weighted by atomic mass is 9.66. The lowest BCUT2D eigenvalue weighted by Crippen LogP contribution is -2.48. The van der Waals surface area contributed by atoms with Crippen molar-refractivity contribution in [3.63, 3.8) is 0 Å². The Morgan fingerprint density at radius 2 is 1.70 bits per heavy atom. The zero-order chi connectivity index (χ0) is 35.2. The van der Waals surface area contributed by atoms with Crippen molar-refractivity contribution >= 4 is 28.6 Å². The van der Waals surface area contributed by atoms with Gasteiger partial charge >= 0.3 is 11.9 Å². The number of ether oxygens (including phenoxy) is 2. The van der Waals surface area contributed by atoms with Gasteiger partial charge in [0.05, 0.1) is 24.0 Å². The number of carbonyl (C=O) groups is 2. The molecule has 1 fully saturated rings. The highest BCUT2D eigenvalue weighted by molar-refractivity contribution is 6.74. The first-order valence-electron chi connectivity index (χ1n) is 18.2. The van der Waals surface area contributed by atoms with Gasteiger partial charge in [0, 0.05) is 18.8 Å². The summed E-state index contributed by atoms with van der Waals surface area (Å²) < 4.78 is 26.0. The number of cyclic esters (lactones) is 1. The molecule has 0 radical (unpaired) electrons. The van der Waals surface area contributed by atoms with Gasteiger partial charge in [-0.05, 0) is 87.3 Å². The molecule has 47 heavy (non-hydrogen) atoms. The van der Waals surface area contributed by atoms with E-state index in [2.05, 4.69) is 92.2 Å². The van der Waals surface area contributed by atoms with Crippen molar-refractivity contribution in [2.75, 3.05) is 0 Å². The Morgan fingerprint density at radius 3 is 2.30 bits per heavy atom. The maximum absolute atomic E-state index is 13.9. The molecule has 0 bridgehead atoms. The van der Waals surface area contributed by atoms with Crippen molar-refractivity contribution in [3.05, 3.63) is 49.1 Å². The van der Waals surface area contributed by atoms with Crippen LogP contribution in [-0.2, 0) is 27.9 Å². The highest BCUT2D eigenvalue weighted by Gasteiger charge is 2.46. The molecule has 266 valence electrons. The summed E-state index contributed by atoms with van der Waals surface area (Å²) in [6, 6.07) is 1.11. The lowest BCUT2D eigenvalue weighted by Gasteiger charge is -2.45. The fraction of sp³-hybridized carbons (Fsp3) is 0.744. The van der Waals surface area contributed by atoms with Crippen molar-refractivity contribution in [1.29, 1.82) is 0 Å². The Bertz CT molecular complexity index is 1150. The van der Waals surface area contributed by atoms with Crippen LogP contribution in [0.25, 0.3) is 0 Å². The second-order valence-electron chi connectivity index (χ2n) is 16.9. The predicted molar refractivity (Wildman–Crippen MR) is 198 cm³/mol. The van der Waals surface area contributed by atoms with Crippen molar-refractivity contribution in [1.82, 2.24) is 0 Å². The average molecular weight is 687 g/mol. The maximum Gasteiger partial charge on any atom is 0.312 e. The first kappa shape index (κ1) is 39.7. The molecule has 6 nitrogen and oxygen atoms in total. The molecule has 0 N–H and O–H groups in total. The minimum atomic E-state index is -2.02. The van der Waals surface area contributed by atoms with Gasteiger partial charge in [-0.25, -0.2) is 0 Å². The van der Waals surface area contributed by atoms with E-state index in [1.54, 1.807) is 12.2 Å². The van der Waals surface area contributed by atoms with E-state index in [-0.39, 0.29) is 59.1 Å². The Hall–Kier alpha value is -1.75. The Morgan fingerprint density at radius 1 is 1.04 bits per heavy atom. The number of rotatable bonds is 16. The van der Waals surface area contributed by atoms with Crippen LogP contribution in [0.5, 0.6) is 0 Å². The van der Waals surface area contributed by atoms with E-state index in [0.29, 0.717) is 25.7 Å². The van der Waals surface area contributed by atoms with E-state index >= 15 is 0 Å². The van der Waals surface area contributed by atoms with Crippen molar-refractivity contribution in [3.8, 4) is 0 Å². The van der Waals surface area contributed by atoms with E-state index in [0.717, 1.165) is 38.1 Å². The summed E-state index contributed by atoms with van der Waals surface area (Å²) in [4.78, 5) is 26.7. The molecule has 0 unspecified atom stereocenters. The number of hydrogen-bond acceptors (Lipinski definition) is 6. The largest absolute Gasteiger partial charge is 0.462 e. The van der Waals surface area contributed by atoms with Crippen LogP contribution in [-0.4, -0.2) is 53.0 Å². The Balaban J connectivity index is 1.86. The molecule has 0 aromatic heterocycles.